The van der Waals surface area contributed by atoms with Crippen LogP contribution < -0.4 is 0 Å². The highest BCUT2D eigenvalue weighted by atomic mass is 16.4. The summed E-state index contributed by atoms with van der Waals surface area (Å²) in [6.07, 6.45) is 3.93. The molecule has 2 amide bonds. The lowest BCUT2D eigenvalue weighted by Crippen LogP contribution is -2.39. The molecule has 102 valence electrons. The van der Waals surface area contributed by atoms with Crippen LogP contribution in [0.2, 0.25) is 0 Å². The number of carbonyl (C=O) groups excluding carboxylic acids is 1. The highest BCUT2D eigenvalue weighted by molar-refractivity contribution is 5.77. The molecule has 0 saturated carbocycles. The summed E-state index contributed by atoms with van der Waals surface area (Å²) in [7, 11) is 1.71. The second-order valence-corrected chi connectivity index (χ2v) is 4.77. The van der Waals surface area contributed by atoms with E-state index in [0.29, 0.717) is 26.1 Å². The van der Waals surface area contributed by atoms with E-state index in [-0.39, 0.29) is 6.03 Å². The van der Waals surface area contributed by atoms with Gasteiger partial charge in [0.25, 0.3) is 0 Å². The number of hydrogen-bond acceptors (Lipinski definition) is 3. The molecule has 1 saturated heterocycles. The minimum absolute atomic E-state index is 0.132. The molecule has 0 radical (unpaired) electrons. The number of carboxylic acids is 1. The fraction of sp³-hybridized carbons (Fsp3) is 0.462. The van der Waals surface area contributed by atoms with Crippen LogP contribution in [0.3, 0.4) is 0 Å². The molecule has 1 fully saturated rings. The predicted molar refractivity (Wildman–Crippen MR) is 68.4 cm³/mol. The average molecular weight is 263 g/mol. The molecule has 1 unspecified atom stereocenters. The maximum atomic E-state index is 12.2. The van der Waals surface area contributed by atoms with Crippen molar-refractivity contribution in [2.75, 3.05) is 20.1 Å². The van der Waals surface area contributed by atoms with Crippen molar-refractivity contribution >= 4 is 12.0 Å². The van der Waals surface area contributed by atoms with Gasteiger partial charge in [0.2, 0.25) is 0 Å². The summed E-state index contributed by atoms with van der Waals surface area (Å²) in [6.45, 7) is 1.28. The molecule has 0 aromatic carbocycles. The molecular formula is C13H17N3O3. The maximum absolute atomic E-state index is 12.2. The van der Waals surface area contributed by atoms with Crippen LogP contribution in [0.1, 0.15) is 12.0 Å². The summed E-state index contributed by atoms with van der Waals surface area (Å²) in [4.78, 5) is 30.2. The van der Waals surface area contributed by atoms with Crippen LogP contribution in [-0.2, 0) is 11.3 Å². The van der Waals surface area contributed by atoms with Crippen LogP contribution in [0.5, 0.6) is 0 Å². The second-order valence-electron chi connectivity index (χ2n) is 4.77. The molecule has 2 heterocycles. The maximum Gasteiger partial charge on any atom is 0.320 e. The Kier molecular flexibility index (Phi) is 3.99. The SMILES string of the molecule is CN(Cc1cccnc1)C(=O)N1CCC(C(=O)O)C1. The fourth-order valence-corrected chi connectivity index (χ4v) is 2.21. The number of likely N-dealkylation sites (tertiary alicyclic amines) is 1. The van der Waals surface area contributed by atoms with Crippen molar-refractivity contribution in [3.63, 3.8) is 0 Å². The summed E-state index contributed by atoms with van der Waals surface area (Å²) in [5, 5.41) is 8.93. The Morgan fingerprint density at radius 2 is 2.37 bits per heavy atom. The summed E-state index contributed by atoms with van der Waals surface area (Å²) in [6, 6.07) is 3.60. The lowest BCUT2D eigenvalue weighted by molar-refractivity contribution is -0.141. The number of amides is 2. The van der Waals surface area contributed by atoms with Crippen molar-refractivity contribution in [3.8, 4) is 0 Å². The molecule has 1 N–H and O–H groups in total. The molecule has 1 aromatic rings. The van der Waals surface area contributed by atoms with E-state index in [2.05, 4.69) is 4.98 Å². The van der Waals surface area contributed by atoms with Gasteiger partial charge >= 0.3 is 12.0 Å². The van der Waals surface area contributed by atoms with E-state index >= 15 is 0 Å². The van der Waals surface area contributed by atoms with Crippen molar-refractivity contribution in [2.45, 2.75) is 13.0 Å². The van der Waals surface area contributed by atoms with Crippen LogP contribution in [0.25, 0.3) is 0 Å². The number of carboxylic acid groups (broad SMARTS) is 1. The van der Waals surface area contributed by atoms with E-state index in [1.165, 1.54) is 0 Å². The van der Waals surface area contributed by atoms with Gasteiger partial charge in [0.1, 0.15) is 0 Å². The summed E-state index contributed by atoms with van der Waals surface area (Å²) < 4.78 is 0. The van der Waals surface area contributed by atoms with Crippen LogP contribution in [0.15, 0.2) is 24.5 Å². The van der Waals surface area contributed by atoms with Gasteiger partial charge in [-0.1, -0.05) is 6.07 Å². The van der Waals surface area contributed by atoms with Crippen LogP contribution in [0.4, 0.5) is 4.79 Å². The normalized spacial score (nSPS) is 18.4. The molecule has 1 aromatic heterocycles. The molecule has 19 heavy (non-hydrogen) atoms. The van der Waals surface area contributed by atoms with Crippen molar-refractivity contribution < 1.29 is 14.7 Å². The molecule has 0 spiro atoms. The number of aromatic nitrogens is 1. The number of urea groups is 1. The first kappa shape index (κ1) is 13.3. The number of carbonyl (C=O) groups is 2. The monoisotopic (exact) mass is 263 g/mol. The topological polar surface area (TPSA) is 73.7 Å². The van der Waals surface area contributed by atoms with E-state index in [0.717, 1.165) is 5.56 Å². The predicted octanol–water partition coefficient (Wildman–Crippen LogP) is 1.04. The molecule has 6 nitrogen and oxygen atoms in total. The number of nitrogens with zero attached hydrogens (tertiary/aromatic N) is 3. The first-order valence-corrected chi connectivity index (χ1v) is 6.19. The first-order chi connectivity index (χ1) is 9.08. The van der Waals surface area contributed by atoms with Crippen LogP contribution in [-0.4, -0.2) is 52.0 Å². The number of hydrogen-bond donors (Lipinski definition) is 1. The largest absolute Gasteiger partial charge is 0.481 e. The quantitative estimate of drug-likeness (QED) is 0.884. The summed E-state index contributed by atoms with van der Waals surface area (Å²) in [5.74, 6) is -1.26. The van der Waals surface area contributed by atoms with Gasteiger partial charge in [-0.25, -0.2) is 4.79 Å². The van der Waals surface area contributed by atoms with Crippen molar-refractivity contribution in [3.05, 3.63) is 30.1 Å². The van der Waals surface area contributed by atoms with E-state index in [1.54, 1.807) is 29.2 Å². The Morgan fingerprint density at radius 3 is 2.95 bits per heavy atom. The summed E-state index contributed by atoms with van der Waals surface area (Å²) >= 11 is 0. The van der Waals surface area contributed by atoms with E-state index < -0.39 is 11.9 Å². The van der Waals surface area contributed by atoms with Crippen LogP contribution >= 0.6 is 0 Å². The summed E-state index contributed by atoms with van der Waals surface area (Å²) in [5.41, 5.74) is 0.951. The zero-order chi connectivity index (χ0) is 13.8. The van der Waals surface area contributed by atoms with E-state index in [9.17, 15) is 9.59 Å². The van der Waals surface area contributed by atoms with Crippen molar-refractivity contribution in [2.24, 2.45) is 5.92 Å². The van der Waals surface area contributed by atoms with Crippen molar-refractivity contribution in [1.82, 2.24) is 14.8 Å². The van der Waals surface area contributed by atoms with Gasteiger partial charge < -0.3 is 14.9 Å². The van der Waals surface area contributed by atoms with Gasteiger partial charge in [-0.05, 0) is 18.1 Å². The number of pyridine rings is 1. The van der Waals surface area contributed by atoms with Gasteiger partial charge in [0.15, 0.2) is 0 Å². The van der Waals surface area contributed by atoms with E-state index in [4.69, 9.17) is 5.11 Å². The standard InChI is InChI=1S/C13H17N3O3/c1-15(8-10-3-2-5-14-7-10)13(19)16-6-4-11(9-16)12(17)18/h2-3,5,7,11H,4,6,8-9H2,1H3,(H,17,18). The van der Waals surface area contributed by atoms with E-state index in [1.807, 2.05) is 12.1 Å². The minimum Gasteiger partial charge on any atom is -0.481 e. The molecule has 6 heteroatoms. The second kappa shape index (κ2) is 5.69. The third-order valence-corrected chi connectivity index (χ3v) is 3.28. The lowest BCUT2D eigenvalue weighted by atomic mass is 10.1. The Labute approximate surface area is 111 Å². The molecular weight excluding hydrogens is 246 g/mol. The highest BCUT2D eigenvalue weighted by Crippen LogP contribution is 2.18. The molecule has 0 bridgehead atoms. The number of rotatable bonds is 3. The van der Waals surface area contributed by atoms with Crippen LogP contribution in [0, 0.1) is 5.92 Å². The third-order valence-electron chi connectivity index (χ3n) is 3.28. The van der Waals surface area contributed by atoms with Gasteiger partial charge in [-0.15, -0.1) is 0 Å². The Bertz CT molecular complexity index is 463. The Balaban J connectivity index is 1.91. The zero-order valence-electron chi connectivity index (χ0n) is 10.8. The Hall–Kier alpha value is -2.11. The third kappa shape index (κ3) is 3.21. The smallest absolute Gasteiger partial charge is 0.320 e. The number of aliphatic carboxylic acids is 1. The minimum atomic E-state index is -0.829. The molecule has 1 aliphatic rings. The zero-order valence-corrected chi connectivity index (χ0v) is 10.8. The molecule has 1 atom stereocenters. The molecule has 0 aliphatic carbocycles. The molecule has 1 aliphatic heterocycles. The Morgan fingerprint density at radius 1 is 1.58 bits per heavy atom. The highest BCUT2D eigenvalue weighted by Gasteiger charge is 2.32. The average Bonchev–Trinajstić information content (AvgIpc) is 2.88. The van der Waals surface area contributed by atoms with Gasteiger partial charge in [-0.2, -0.15) is 0 Å². The molecule has 2 rings (SSSR count). The first-order valence-electron chi connectivity index (χ1n) is 6.19. The fourth-order valence-electron chi connectivity index (χ4n) is 2.21. The van der Waals surface area contributed by atoms with Gasteiger partial charge in [0.05, 0.1) is 5.92 Å². The lowest BCUT2D eigenvalue weighted by Gasteiger charge is -2.24. The van der Waals surface area contributed by atoms with Gasteiger partial charge in [0, 0.05) is 39.1 Å². The van der Waals surface area contributed by atoms with Crippen molar-refractivity contribution in [1.29, 1.82) is 0 Å². The van der Waals surface area contributed by atoms with Gasteiger partial charge in [-0.3, -0.25) is 9.78 Å².